The Hall–Kier alpha value is 0.360. The smallest absolute Gasteiger partial charge is 0.355 e. The van der Waals surface area contributed by atoms with Gasteiger partial charge in [0.25, 0.3) is 0 Å². The van der Waals surface area contributed by atoms with Gasteiger partial charge in [-0.15, -0.1) is 35.9 Å². The van der Waals surface area contributed by atoms with Gasteiger partial charge in [-0.25, -0.2) is 0 Å². The predicted octanol–water partition coefficient (Wildman–Crippen LogP) is 3.13. The molecule has 3 heteroatoms. The number of rotatable bonds is 2. The summed E-state index contributed by atoms with van der Waals surface area (Å²) in [6.45, 7) is 2.17. The summed E-state index contributed by atoms with van der Waals surface area (Å²) in [5.74, 6) is 0. The largest absolute Gasteiger partial charge is 1.00 e. The molecular weight excluding hydrogens is 460 g/mol. The number of hydrogen-bond donors (Lipinski definition) is 0. The van der Waals surface area contributed by atoms with Crippen LogP contribution in [0.25, 0.3) is 0 Å². The van der Waals surface area contributed by atoms with Crippen LogP contribution >= 0.6 is 22.6 Å². The van der Waals surface area contributed by atoms with Crippen LogP contribution in [0.1, 0.15) is 23.7 Å². The second-order valence-corrected chi connectivity index (χ2v) is 3.20. The molecule has 76 valence electrons. The maximum Gasteiger partial charge on any atom is 1.00 e. The van der Waals surface area contributed by atoms with E-state index < -0.39 is 0 Å². The van der Waals surface area contributed by atoms with Crippen molar-refractivity contribution in [1.29, 1.82) is 0 Å². The molecule has 0 amide bonds. The summed E-state index contributed by atoms with van der Waals surface area (Å²) in [7, 11) is 0. The standard InChI is InChI=1S/C7H5O.C3H7I.Au/c8-6-7-4-2-1-3-5-7;1-2-3-4;/h1-4,6H;2-3H2,1H3;/q-1;;+1. The summed E-state index contributed by atoms with van der Waals surface area (Å²) in [6.07, 6.45) is 2.08. The third kappa shape index (κ3) is 10.3. The summed E-state index contributed by atoms with van der Waals surface area (Å²) in [5, 5.41) is 0. The van der Waals surface area contributed by atoms with Crippen LogP contribution in [0.4, 0.5) is 0 Å². The van der Waals surface area contributed by atoms with Crippen molar-refractivity contribution in [2.45, 2.75) is 13.3 Å². The van der Waals surface area contributed by atoms with E-state index >= 15 is 0 Å². The van der Waals surface area contributed by atoms with Crippen molar-refractivity contribution in [2.24, 2.45) is 0 Å². The Morgan fingerprint density at radius 3 is 2.38 bits per heavy atom. The Bertz CT molecular complexity index is 199. The van der Waals surface area contributed by atoms with Gasteiger partial charge in [-0.3, -0.25) is 0 Å². The Balaban J connectivity index is 0. The SMILES string of the molecule is CCCI.O=Cc1[c-]cccc1.[Au+]. The van der Waals surface area contributed by atoms with Gasteiger partial charge in [-0.05, 0) is 10.8 Å². The maximum atomic E-state index is 9.98. The average molecular weight is 472 g/mol. The van der Waals surface area contributed by atoms with E-state index in [9.17, 15) is 4.79 Å². The minimum atomic E-state index is 0. The number of halogens is 1. The molecule has 0 spiro atoms. The fourth-order valence-corrected chi connectivity index (χ4v) is 0.481. The van der Waals surface area contributed by atoms with Crippen LogP contribution < -0.4 is 0 Å². The van der Waals surface area contributed by atoms with E-state index in [1.54, 1.807) is 18.2 Å². The van der Waals surface area contributed by atoms with Gasteiger partial charge in [0.15, 0.2) is 0 Å². The van der Waals surface area contributed by atoms with Gasteiger partial charge in [0.05, 0.1) is 6.29 Å². The van der Waals surface area contributed by atoms with Crippen molar-refractivity contribution in [2.75, 3.05) is 4.43 Å². The van der Waals surface area contributed by atoms with Crippen molar-refractivity contribution in [3.05, 3.63) is 35.9 Å². The molecule has 0 saturated carbocycles. The summed E-state index contributed by atoms with van der Waals surface area (Å²) in [4.78, 5) is 9.98. The molecular formula is C10H12AuIO. The van der Waals surface area contributed by atoms with Crippen LogP contribution in [0.2, 0.25) is 0 Å². The van der Waals surface area contributed by atoms with Crippen LogP contribution in [-0.2, 0) is 22.4 Å². The fourth-order valence-electron chi connectivity index (χ4n) is 0.481. The predicted molar refractivity (Wildman–Crippen MR) is 59.8 cm³/mol. The fraction of sp³-hybridized carbons (Fsp3) is 0.300. The molecule has 0 heterocycles. The normalized spacial score (nSPS) is 7.54. The molecule has 0 unspecified atom stereocenters. The van der Waals surface area contributed by atoms with Crippen LogP contribution in [0, 0.1) is 6.07 Å². The summed E-state index contributed by atoms with van der Waals surface area (Å²) < 4.78 is 1.29. The first-order chi connectivity index (χ1) is 5.85. The molecule has 1 aromatic rings. The first kappa shape index (κ1) is 15.8. The van der Waals surface area contributed by atoms with Crippen molar-refractivity contribution < 1.29 is 27.2 Å². The van der Waals surface area contributed by atoms with Crippen molar-refractivity contribution in [3.8, 4) is 0 Å². The molecule has 0 N–H and O–H groups in total. The molecule has 0 fully saturated rings. The Labute approximate surface area is 109 Å². The third-order valence-corrected chi connectivity index (χ3v) is 2.13. The van der Waals surface area contributed by atoms with Gasteiger partial charge in [-0.2, -0.15) is 0 Å². The van der Waals surface area contributed by atoms with Crippen molar-refractivity contribution in [1.82, 2.24) is 0 Å². The minimum Gasteiger partial charge on any atom is -0.355 e. The molecule has 0 aliphatic rings. The number of carbonyl (C=O) groups excluding carboxylic acids is 1. The van der Waals surface area contributed by atoms with Gasteiger partial charge < -0.3 is 4.79 Å². The molecule has 13 heavy (non-hydrogen) atoms. The summed E-state index contributed by atoms with van der Waals surface area (Å²) in [6, 6.07) is 9.81. The molecule has 1 rings (SSSR count). The van der Waals surface area contributed by atoms with E-state index in [0.717, 1.165) is 6.29 Å². The van der Waals surface area contributed by atoms with E-state index in [0.29, 0.717) is 5.56 Å². The second kappa shape index (κ2) is 12.4. The number of alkyl halides is 1. The van der Waals surface area contributed by atoms with Crippen LogP contribution in [0.3, 0.4) is 0 Å². The Kier molecular flexibility index (Phi) is 15.0. The number of carbonyl (C=O) groups is 1. The Morgan fingerprint density at radius 1 is 1.54 bits per heavy atom. The number of hydrogen-bond acceptors (Lipinski definition) is 1. The minimum absolute atomic E-state index is 0. The quantitative estimate of drug-likeness (QED) is 0.213. The summed E-state index contributed by atoms with van der Waals surface area (Å²) in [5.41, 5.74) is 0.604. The van der Waals surface area contributed by atoms with E-state index in [1.165, 1.54) is 10.8 Å². The Morgan fingerprint density at radius 2 is 2.15 bits per heavy atom. The summed E-state index contributed by atoms with van der Waals surface area (Å²) >= 11 is 2.35. The molecule has 0 bridgehead atoms. The molecule has 0 radical (unpaired) electrons. The average Bonchev–Trinajstić information content (AvgIpc) is 2.19. The molecule has 0 aliphatic heterocycles. The van der Waals surface area contributed by atoms with E-state index in [-0.39, 0.29) is 22.4 Å². The van der Waals surface area contributed by atoms with E-state index in [2.05, 4.69) is 35.6 Å². The van der Waals surface area contributed by atoms with Crippen molar-refractivity contribution >= 4 is 28.9 Å². The van der Waals surface area contributed by atoms with Gasteiger partial charge in [0, 0.05) is 0 Å². The van der Waals surface area contributed by atoms with Gasteiger partial charge in [0.1, 0.15) is 0 Å². The second-order valence-electron chi connectivity index (χ2n) is 2.12. The molecule has 0 aromatic heterocycles. The van der Waals surface area contributed by atoms with Gasteiger partial charge >= 0.3 is 22.4 Å². The zero-order chi connectivity index (χ0) is 9.23. The number of aldehydes is 1. The third-order valence-electron chi connectivity index (χ3n) is 1.05. The van der Waals surface area contributed by atoms with Gasteiger partial charge in [-0.1, -0.05) is 29.5 Å². The first-order valence-electron chi connectivity index (χ1n) is 3.83. The molecule has 1 aromatic carbocycles. The maximum absolute atomic E-state index is 9.98. The zero-order valence-corrected chi connectivity index (χ0v) is 11.7. The molecule has 0 aliphatic carbocycles. The molecule has 1 nitrogen and oxygen atoms in total. The number of benzene rings is 1. The van der Waals surface area contributed by atoms with Gasteiger partial charge in [0.2, 0.25) is 0 Å². The van der Waals surface area contributed by atoms with Crippen LogP contribution in [-0.4, -0.2) is 10.7 Å². The van der Waals surface area contributed by atoms with Crippen molar-refractivity contribution in [3.63, 3.8) is 0 Å². The topological polar surface area (TPSA) is 17.1 Å². The first-order valence-corrected chi connectivity index (χ1v) is 5.35. The zero-order valence-electron chi connectivity index (χ0n) is 7.39. The molecule has 0 saturated heterocycles. The van der Waals surface area contributed by atoms with Crippen LogP contribution in [0.15, 0.2) is 24.3 Å². The molecule has 0 atom stereocenters. The van der Waals surface area contributed by atoms with E-state index in [4.69, 9.17) is 0 Å². The van der Waals surface area contributed by atoms with E-state index in [1.807, 2.05) is 6.07 Å². The van der Waals surface area contributed by atoms with Crippen LogP contribution in [0.5, 0.6) is 0 Å². The monoisotopic (exact) mass is 472 g/mol.